The Labute approximate surface area is 146 Å². The standard InChI is InChI=1S/C16H24N6OS/c23-13-9-12(10-1-2-10)17-15(18-13)21-5-7-22(8-6-21)16-19-14(20-24-16)11-3-4-11/h10-12,15,17H,1-9H2,(H,18,23). The fourth-order valence-electron chi connectivity index (χ4n) is 3.75. The van der Waals surface area contributed by atoms with E-state index in [1.54, 1.807) is 0 Å². The largest absolute Gasteiger partial charge is 0.344 e. The van der Waals surface area contributed by atoms with Gasteiger partial charge in [-0.3, -0.25) is 15.0 Å². The van der Waals surface area contributed by atoms with Crippen LogP contribution in [0.1, 0.15) is 43.8 Å². The molecule has 130 valence electrons. The number of nitrogens with zero attached hydrogens (tertiary/aromatic N) is 4. The summed E-state index contributed by atoms with van der Waals surface area (Å²) in [5.74, 6) is 2.57. The van der Waals surface area contributed by atoms with Gasteiger partial charge in [0.2, 0.25) is 11.0 Å². The van der Waals surface area contributed by atoms with E-state index in [0.29, 0.717) is 24.3 Å². The lowest BCUT2D eigenvalue weighted by atomic mass is 10.1. The first-order chi connectivity index (χ1) is 11.8. The summed E-state index contributed by atoms with van der Waals surface area (Å²) < 4.78 is 4.51. The number of amides is 1. The molecule has 2 atom stereocenters. The van der Waals surface area contributed by atoms with Gasteiger partial charge in [-0.2, -0.15) is 4.37 Å². The van der Waals surface area contributed by atoms with Gasteiger partial charge in [0.15, 0.2) is 0 Å². The minimum atomic E-state index is -0.00422. The molecule has 8 heteroatoms. The third kappa shape index (κ3) is 3.02. The molecule has 4 aliphatic rings. The minimum Gasteiger partial charge on any atom is -0.344 e. The van der Waals surface area contributed by atoms with Crippen LogP contribution in [0.2, 0.25) is 0 Å². The van der Waals surface area contributed by atoms with Crippen molar-refractivity contribution in [1.82, 2.24) is 24.9 Å². The number of piperazine rings is 1. The van der Waals surface area contributed by atoms with Crippen LogP contribution in [0.25, 0.3) is 0 Å². The van der Waals surface area contributed by atoms with E-state index in [4.69, 9.17) is 4.98 Å². The fourth-order valence-corrected chi connectivity index (χ4v) is 4.54. The second-order valence-corrected chi connectivity index (χ2v) is 8.25. The average molecular weight is 348 g/mol. The molecular weight excluding hydrogens is 324 g/mol. The number of carbonyl (C=O) groups excluding carboxylic acids is 1. The van der Waals surface area contributed by atoms with E-state index in [-0.39, 0.29) is 12.2 Å². The van der Waals surface area contributed by atoms with Crippen LogP contribution >= 0.6 is 11.5 Å². The highest BCUT2D eigenvalue weighted by atomic mass is 32.1. The third-order valence-electron chi connectivity index (χ3n) is 5.59. The van der Waals surface area contributed by atoms with E-state index in [2.05, 4.69) is 24.8 Å². The highest BCUT2D eigenvalue weighted by molar-refractivity contribution is 7.09. The summed E-state index contributed by atoms with van der Waals surface area (Å²) >= 11 is 1.54. The van der Waals surface area contributed by atoms with Crippen molar-refractivity contribution in [3.05, 3.63) is 5.82 Å². The Morgan fingerprint density at radius 2 is 1.88 bits per heavy atom. The Morgan fingerprint density at radius 1 is 1.08 bits per heavy atom. The fraction of sp³-hybridized carbons (Fsp3) is 0.812. The molecule has 2 unspecified atom stereocenters. The maximum atomic E-state index is 12.0. The van der Waals surface area contributed by atoms with E-state index in [0.717, 1.165) is 37.1 Å². The molecule has 2 saturated carbocycles. The van der Waals surface area contributed by atoms with Crippen LogP contribution in [-0.2, 0) is 4.79 Å². The molecule has 4 fully saturated rings. The number of nitrogens with one attached hydrogen (secondary N) is 2. The maximum absolute atomic E-state index is 12.0. The molecule has 2 aliphatic heterocycles. The maximum Gasteiger partial charge on any atom is 0.223 e. The Balaban J connectivity index is 1.19. The van der Waals surface area contributed by atoms with Crippen LogP contribution in [0.4, 0.5) is 5.13 Å². The first-order valence-corrected chi connectivity index (χ1v) is 9.91. The second kappa shape index (κ2) is 5.93. The summed E-state index contributed by atoms with van der Waals surface area (Å²) in [5, 5.41) is 7.82. The van der Waals surface area contributed by atoms with E-state index in [1.165, 1.54) is 37.2 Å². The summed E-state index contributed by atoms with van der Waals surface area (Å²) in [7, 11) is 0. The highest BCUT2D eigenvalue weighted by Crippen LogP contribution is 2.40. The van der Waals surface area contributed by atoms with Crippen molar-refractivity contribution in [3.63, 3.8) is 0 Å². The van der Waals surface area contributed by atoms with Crippen molar-refractivity contribution in [2.45, 2.75) is 50.4 Å². The summed E-state index contributed by atoms with van der Waals surface area (Å²) in [6.07, 6.45) is 5.67. The van der Waals surface area contributed by atoms with E-state index >= 15 is 0 Å². The van der Waals surface area contributed by atoms with Crippen molar-refractivity contribution in [2.75, 3.05) is 31.1 Å². The second-order valence-electron chi connectivity index (χ2n) is 7.52. The molecule has 0 aromatic carbocycles. The van der Waals surface area contributed by atoms with Crippen molar-refractivity contribution in [1.29, 1.82) is 0 Å². The van der Waals surface area contributed by atoms with Crippen LogP contribution in [0.3, 0.4) is 0 Å². The first kappa shape index (κ1) is 15.0. The van der Waals surface area contributed by atoms with Gasteiger partial charge >= 0.3 is 0 Å². The number of carbonyl (C=O) groups is 1. The van der Waals surface area contributed by atoms with Gasteiger partial charge in [0, 0.05) is 56.1 Å². The zero-order chi connectivity index (χ0) is 16.1. The molecule has 2 saturated heterocycles. The Bertz CT molecular complexity index is 620. The topological polar surface area (TPSA) is 73.4 Å². The van der Waals surface area contributed by atoms with Crippen molar-refractivity contribution in [3.8, 4) is 0 Å². The van der Waals surface area contributed by atoms with Crippen LogP contribution in [0.5, 0.6) is 0 Å². The van der Waals surface area contributed by atoms with Gasteiger partial charge in [0.1, 0.15) is 12.1 Å². The molecule has 0 radical (unpaired) electrons. The molecule has 1 aromatic rings. The lowest BCUT2D eigenvalue weighted by Gasteiger charge is -2.43. The minimum absolute atomic E-state index is 0.00422. The van der Waals surface area contributed by atoms with Crippen LogP contribution < -0.4 is 15.5 Å². The van der Waals surface area contributed by atoms with Crippen LogP contribution in [0.15, 0.2) is 0 Å². The molecular formula is C16H24N6OS. The summed E-state index contributed by atoms with van der Waals surface area (Å²) in [6.45, 7) is 3.77. The van der Waals surface area contributed by atoms with Crippen molar-refractivity contribution >= 4 is 22.6 Å². The Morgan fingerprint density at radius 3 is 2.58 bits per heavy atom. The van der Waals surface area contributed by atoms with Gasteiger partial charge in [-0.1, -0.05) is 0 Å². The summed E-state index contributed by atoms with van der Waals surface area (Å²) in [6, 6.07) is 0.367. The molecule has 7 nitrogen and oxygen atoms in total. The van der Waals surface area contributed by atoms with Crippen LogP contribution in [0, 0.1) is 5.92 Å². The molecule has 1 amide bonds. The van der Waals surface area contributed by atoms with Crippen molar-refractivity contribution in [2.24, 2.45) is 5.92 Å². The predicted octanol–water partition coefficient (Wildman–Crippen LogP) is 0.709. The zero-order valence-corrected chi connectivity index (χ0v) is 14.6. The zero-order valence-electron chi connectivity index (χ0n) is 13.8. The first-order valence-electron chi connectivity index (χ1n) is 9.14. The van der Waals surface area contributed by atoms with E-state index in [1.807, 2.05) is 0 Å². The monoisotopic (exact) mass is 348 g/mol. The number of anilines is 1. The van der Waals surface area contributed by atoms with E-state index < -0.39 is 0 Å². The highest BCUT2D eigenvalue weighted by Gasteiger charge is 2.39. The number of rotatable bonds is 4. The van der Waals surface area contributed by atoms with Gasteiger partial charge in [-0.25, -0.2) is 4.98 Å². The Hall–Kier alpha value is -1.25. The van der Waals surface area contributed by atoms with Gasteiger partial charge in [-0.05, 0) is 31.6 Å². The molecule has 1 aromatic heterocycles. The lowest BCUT2D eigenvalue weighted by molar-refractivity contribution is -0.127. The lowest BCUT2D eigenvalue weighted by Crippen LogP contribution is -2.67. The molecule has 24 heavy (non-hydrogen) atoms. The van der Waals surface area contributed by atoms with Crippen LogP contribution in [-0.4, -0.2) is 58.7 Å². The number of hydrogen-bond donors (Lipinski definition) is 2. The summed E-state index contributed by atoms with van der Waals surface area (Å²) in [4.78, 5) is 21.4. The third-order valence-corrected chi connectivity index (χ3v) is 6.38. The molecule has 0 bridgehead atoms. The van der Waals surface area contributed by atoms with Gasteiger partial charge in [0.25, 0.3) is 0 Å². The number of hydrogen-bond acceptors (Lipinski definition) is 7. The normalized spacial score (nSPS) is 32.0. The van der Waals surface area contributed by atoms with Gasteiger partial charge < -0.3 is 10.2 Å². The molecule has 2 aliphatic carbocycles. The quantitative estimate of drug-likeness (QED) is 0.835. The molecule has 0 spiro atoms. The van der Waals surface area contributed by atoms with Gasteiger partial charge in [-0.15, -0.1) is 0 Å². The SMILES string of the molecule is O=C1CC(C2CC2)NC(N2CCN(c3nc(C4CC4)ns3)CC2)N1. The molecule has 3 heterocycles. The average Bonchev–Trinajstić information content (AvgIpc) is 3.53. The van der Waals surface area contributed by atoms with Crippen molar-refractivity contribution < 1.29 is 4.79 Å². The predicted molar refractivity (Wildman–Crippen MR) is 91.9 cm³/mol. The van der Waals surface area contributed by atoms with Gasteiger partial charge in [0.05, 0.1) is 0 Å². The molecule has 2 N–H and O–H groups in total. The molecule has 5 rings (SSSR count). The van der Waals surface area contributed by atoms with E-state index in [9.17, 15) is 4.79 Å². The number of aromatic nitrogens is 2. The smallest absolute Gasteiger partial charge is 0.223 e. The Kier molecular flexibility index (Phi) is 3.71. The summed E-state index contributed by atoms with van der Waals surface area (Å²) in [5.41, 5.74) is 0.